The molecule has 0 amide bonds. The predicted octanol–water partition coefficient (Wildman–Crippen LogP) is 3.20. The zero-order valence-corrected chi connectivity index (χ0v) is 13.4. The molecule has 0 aliphatic heterocycles. The summed E-state index contributed by atoms with van der Waals surface area (Å²) in [6.07, 6.45) is 1.65. The third-order valence-corrected chi connectivity index (χ3v) is 3.63. The molecule has 0 N–H and O–H groups in total. The molecule has 1 aromatic carbocycles. The number of hydrogen-bond donors (Lipinski definition) is 0. The quantitative estimate of drug-likeness (QED) is 0.540. The van der Waals surface area contributed by atoms with Crippen LogP contribution in [0.4, 0.5) is 0 Å². The van der Waals surface area contributed by atoms with Crippen LogP contribution >= 0.6 is 23.2 Å². The Labute approximate surface area is 136 Å². The Morgan fingerprint density at radius 1 is 1.09 bits per heavy atom. The Balaban J connectivity index is 2.00. The SMILES string of the molecule is COc1ccc(Cn2cnc3c(Cl)nc(Cl)nc32)cc1OC. The van der Waals surface area contributed by atoms with Crippen LogP contribution in [-0.4, -0.2) is 33.7 Å². The molecule has 2 heterocycles. The van der Waals surface area contributed by atoms with Gasteiger partial charge in [0.15, 0.2) is 22.3 Å². The summed E-state index contributed by atoms with van der Waals surface area (Å²) in [5.74, 6) is 1.34. The van der Waals surface area contributed by atoms with Gasteiger partial charge in [-0.3, -0.25) is 0 Å². The zero-order chi connectivity index (χ0) is 15.7. The lowest BCUT2D eigenvalue weighted by atomic mass is 10.2. The molecule has 3 aromatic rings. The second-order valence-electron chi connectivity index (χ2n) is 4.52. The van der Waals surface area contributed by atoms with Gasteiger partial charge in [0.05, 0.1) is 27.1 Å². The molecule has 22 heavy (non-hydrogen) atoms. The summed E-state index contributed by atoms with van der Waals surface area (Å²) in [4.78, 5) is 12.3. The highest BCUT2D eigenvalue weighted by molar-refractivity contribution is 6.35. The second kappa shape index (κ2) is 5.98. The summed E-state index contributed by atoms with van der Waals surface area (Å²) in [7, 11) is 3.20. The van der Waals surface area contributed by atoms with Crippen LogP contribution in [0.15, 0.2) is 24.5 Å². The number of methoxy groups -OCH3 is 2. The van der Waals surface area contributed by atoms with Crippen molar-refractivity contribution < 1.29 is 9.47 Å². The Hall–Kier alpha value is -2.05. The first kappa shape index (κ1) is 14.9. The molecule has 0 spiro atoms. The van der Waals surface area contributed by atoms with Gasteiger partial charge < -0.3 is 14.0 Å². The fraction of sp³-hybridized carbons (Fsp3) is 0.214. The van der Waals surface area contributed by atoms with E-state index in [-0.39, 0.29) is 10.4 Å². The first-order chi connectivity index (χ1) is 10.6. The number of aromatic nitrogens is 4. The Morgan fingerprint density at radius 2 is 1.86 bits per heavy atom. The number of halogens is 2. The van der Waals surface area contributed by atoms with E-state index in [0.29, 0.717) is 29.2 Å². The van der Waals surface area contributed by atoms with Crippen molar-refractivity contribution in [1.82, 2.24) is 19.5 Å². The molecule has 114 valence electrons. The number of imidazole rings is 1. The molecule has 0 saturated heterocycles. The lowest BCUT2D eigenvalue weighted by Crippen LogP contribution is -2.01. The van der Waals surface area contributed by atoms with Crippen LogP contribution in [0.2, 0.25) is 10.4 Å². The number of nitrogens with zero attached hydrogens (tertiary/aromatic N) is 4. The molecular weight excluding hydrogens is 327 g/mol. The lowest BCUT2D eigenvalue weighted by Gasteiger charge is -2.10. The van der Waals surface area contributed by atoms with Crippen LogP contribution in [-0.2, 0) is 6.54 Å². The third-order valence-electron chi connectivity index (χ3n) is 3.19. The molecule has 0 atom stereocenters. The molecule has 0 saturated carbocycles. The van der Waals surface area contributed by atoms with E-state index in [9.17, 15) is 0 Å². The van der Waals surface area contributed by atoms with E-state index < -0.39 is 0 Å². The summed E-state index contributed by atoms with van der Waals surface area (Å²) in [6, 6.07) is 5.69. The lowest BCUT2D eigenvalue weighted by molar-refractivity contribution is 0.354. The molecule has 6 nitrogen and oxygen atoms in total. The fourth-order valence-corrected chi connectivity index (χ4v) is 2.60. The maximum atomic E-state index is 6.02. The van der Waals surface area contributed by atoms with Crippen LogP contribution in [0.5, 0.6) is 11.5 Å². The molecule has 0 bridgehead atoms. The van der Waals surface area contributed by atoms with Gasteiger partial charge in [-0.05, 0) is 29.3 Å². The highest BCUT2D eigenvalue weighted by atomic mass is 35.5. The smallest absolute Gasteiger partial charge is 0.225 e. The minimum Gasteiger partial charge on any atom is -0.493 e. The summed E-state index contributed by atoms with van der Waals surface area (Å²) < 4.78 is 12.4. The molecule has 0 fully saturated rings. The fourth-order valence-electron chi connectivity index (χ4n) is 2.18. The van der Waals surface area contributed by atoms with E-state index in [1.807, 2.05) is 22.8 Å². The standard InChI is InChI=1S/C14H12Cl2N4O2/c1-21-9-4-3-8(5-10(9)22-2)6-20-7-17-11-12(15)18-14(16)19-13(11)20/h3-5,7H,6H2,1-2H3. The number of rotatable bonds is 4. The first-order valence-electron chi connectivity index (χ1n) is 6.37. The molecule has 0 aliphatic rings. The topological polar surface area (TPSA) is 62.1 Å². The van der Waals surface area contributed by atoms with Crippen LogP contribution in [0.25, 0.3) is 11.2 Å². The van der Waals surface area contributed by atoms with E-state index >= 15 is 0 Å². The Kier molecular flexibility index (Phi) is 4.04. The maximum absolute atomic E-state index is 6.02. The van der Waals surface area contributed by atoms with Crippen molar-refractivity contribution in [2.24, 2.45) is 0 Å². The summed E-state index contributed by atoms with van der Waals surface area (Å²) in [6.45, 7) is 0.542. The predicted molar refractivity (Wildman–Crippen MR) is 84.0 cm³/mol. The van der Waals surface area contributed by atoms with Gasteiger partial charge in [-0.1, -0.05) is 17.7 Å². The summed E-state index contributed by atoms with van der Waals surface area (Å²) in [5, 5.41) is 0.327. The number of hydrogen-bond acceptors (Lipinski definition) is 5. The highest BCUT2D eigenvalue weighted by Gasteiger charge is 2.12. The molecule has 0 radical (unpaired) electrons. The van der Waals surface area contributed by atoms with Crippen LogP contribution < -0.4 is 9.47 Å². The normalized spacial score (nSPS) is 10.9. The molecule has 2 aromatic heterocycles. The molecule has 0 aliphatic carbocycles. The largest absolute Gasteiger partial charge is 0.493 e. The van der Waals surface area contributed by atoms with Gasteiger partial charge in [0.1, 0.15) is 5.52 Å². The van der Waals surface area contributed by atoms with Gasteiger partial charge in [-0.25, -0.2) is 9.97 Å². The van der Waals surface area contributed by atoms with Gasteiger partial charge in [0, 0.05) is 0 Å². The molecule has 8 heteroatoms. The summed E-state index contributed by atoms with van der Waals surface area (Å²) >= 11 is 11.9. The van der Waals surface area contributed by atoms with Gasteiger partial charge in [-0.15, -0.1) is 0 Å². The van der Waals surface area contributed by atoms with Crippen LogP contribution in [0.1, 0.15) is 5.56 Å². The average molecular weight is 339 g/mol. The Morgan fingerprint density at radius 3 is 2.59 bits per heavy atom. The van der Waals surface area contributed by atoms with Crippen molar-refractivity contribution in [3.63, 3.8) is 0 Å². The van der Waals surface area contributed by atoms with Gasteiger partial charge in [0.2, 0.25) is 5.28 Å². The monoisotopic (exact) mass is 338 g/mol. The van der Waals surface area contributed by atoms with Gasteiger partial charge >= 0.3 is 0 Å². The average Bonchev–Trinajstić information content (AvgIpc) is 2.90. The number of benzene rings is 1. The zero-order valence-electron chi connectivity index (χ0n) is 11.9. The first-order valence-corrected chi connectivity index (χ1v) is 7.12. The van der Waals surface area contributed by atoms with Gasteiger partial charge in [0.25, 0.3) is 0 Å². The van der Waals surface area contributed by atoms with E-state index in [1.165, 1.54) is 0 Å². The Bertz CT molecular complexity index is 835. The maximum Gasteiger partial charge on any atom is 0.225 e. The van der Waals surface area contributed by atoms with Crippen molar-refractivity contribution >= 4 is 34.4 Å². The van der Waals surface area contributed by atoms with E-state index in [1.54, 1.807) is 20.5 Å². The minimum atomic E-state index is 0.0894. The van der Waals surface area contributed by atoms with Crippen molar-refractivity contribution in [1.29, 1.82) is 0 Å². The van der Waals surface area contributed by atoms with Crippen molar-refractivity contribution in [3.8, 4) is 11.5 Å². The molecule has 0 unspecified atom stereocenters. The number of fused-ring (bicyclic) bond motifs is 1. The summed E-state index contributed by atoms with van der Waals surface area (Å²) in [5.41, 5.74) is 2.11. The third kappa shape index (κ3) is 2.67. The van der Waals surface area contributed by atoms with Crippen molar-refractivity contribution in [2.45, 2.75) is 6.54 Å². The van der Waals surface area contributed by atoms with E-state index in [2.05, 4.69) is 15.0 Å². The number of ether oxygens (including phenoxy) is 2. The molecule has 3 rings (SSSR count). The van der Waals surface area contributed by atoms with E-state index in [0.717, 1.165) is 5.56 Å². The van der Waals surface area contributed by atoms with Gasteiger partial charge in [-0.2, -0.15) is 4.98 Å². The van der Waals surface area contributed by atoms with E-state index in [4.69, 9.17) is 32.7 Å². The van der Waals surface area contributed by atoms with Crippen molar-refractivity contribution in [3.05, 3.63) is 40.5 Å². The molecular formula is C14H12Cl2N4O2. The highest BCUT2D eigenvalue weighted by Crippen LogP contribution is 2.28. The van der Waals surface area contributed by atoms with Crippen molar-refractivity contribution in [2.75, 3.05) is 14.2 Å². The minimum absolute atomic E-state index is 0.0894. The second-order valence-corrected chi connectivity index (χ2v) is 5.21. The van der Waals surface area contributed by atoms with Crippen LogP contribution in [0, 0.1) is 0 Å². The van der Waals surface area contributed by atoms with Crippen LogP contribution in [0.3, 0.4) is 0 Å².